The van der Waals surface area contributed by atoms with Crippen molar-refractivity contribution in [3.05, 3.63) is 35.7 Å². The van der Waals surface area contributed by atoms with Gasteiger partial charge in [0.05, 0.1) is 0 Å². The summed E-state index contributed by atoms with van der Waals surface area (Å²) in [6.45, 7) is -0.0456. The van der Waals surface area contributed by atoms with Gasteiger partial charge in [-0.25, -0.2) is 9.78 Å². The van der Waals surface area contributed by atoms with E-state index in [4.69, 9.17) is 20.9 Å². The molecule has 0 bridgehead atoms. The number of nitrogens with zero attached hydrogens (tertiary/aromatic N) is 3. The maximum absolute atomic E-state index is 12.3. The van der Waals surface area contributed by atoms with E-state index in [0.717, 1.165) is 17.7 Å². The summed E-state index contributed by atoms with van der Waals surface area (Å²) in [6.07, 6.45) is 0.719. The molecule has 0 amide bonds. The van der Waals surface area contributed by atoms with Gasteiger partial charge < -0.3 is 25.9 Å². The van der Waals surface area contributed by atoms with Crippen LogP contribution in [0.2, 0.25) is 0 Å². The molecule has 1 unspecified atom stereocenters. The quantitative estimate of drug-likeness (QED) is 0.598. The number of rotatable bonds is 3. The van der Waals surface area contributed by atoms with Gasteiger partial charge in [-0.3, -0.25) is 0 Å². The molecule has 1 aliphatic rings. The Kier molecular flexibility index (Phi) is 3.60. The van der Waals surface area contributed by atoms with E-state index in [1.54, 1.807) is 0 Å². The van der Waals surface area contributed by atoms with Crippen molar-refractivity contribution in [3.63, 3.8) is 0 Å². The number of hydrogen-bond acceptors (Lipinski definition) is 8. The molecule has 1 aliphatic heterocycles. The maximum Gasteiger partial charge on any atom is 0.347 e. The van der Waals surface area contributed by atoms with Crippen molar-refractivity contribution in [2.75, 3.05) is 11.5 Å². The van der Waals surface area contributed by atoms with Crippen molar-refractivity contribution in [2.24, 2.45) is 0 Å². The number of benzene rings is 1. The predicted molar refractivity (Wildman–Crippen MR) is 89.5 cm³/mol. The summed E-state index contributed by atoms with van der Waals surface area (Å²) in [4.78, 5) is 27.2. The molecular formula is C16H16N6O3. The van der Waals surface area contributed by atoms with Crippen LogP contribution in [0.1, 0.15) is 17.8 Å². The number of nitrogens with one attached hydrogen (secondary N) is 1. The van der Waals surface area contributed by atoms with E-state index >= 15 is 0 Å². The lowest BCUT2D eigenvalue weighted by atomic mass is 10.0. The number of ether oxygens (including phenoxy) is 2. The monoisotopic (exact) mass is 340 g/mol. The number of carbonyl (C=O) groups is 1. The molecule has 3 heterocycles. The number of nitrogen functional groups attached to an aromatic ring is 2. The zero-order valence-corrected chi connectivity index (χ0v) is 13.2. The minimum Gasteiger partial charge on any atom is -0.478 e. The Labute approximate surface area is 142 Å². The number of aromatic nitrogens is 4. The van der Waals surface area contributed by atoms with E-state index in [1.165, 1.54) is 0 Å². The number of aryl methyl sites for hydroxylation is 1. The summed E-state index contributed by atoms with van der Waals surface area (Å²) in [5.74, 6) is 0.923. The molecule has 9 nitrogen and oxygen atoms in total. The first kappa shape index (κ1) is 15.2. The highest BCUT2D eigenvalue weighted by atomic mass is 16.6. The van der Waals surface area contributed by atoms with Crippen molar-refractivity contribution in [2.45, 2.75) is 25.6 Å². The second-order valence-electron chi connectivity index (χ2n) is 5.71. The Bertz CT molecular complexity index is 954. The summed E-state index contributed by atoms with van der Waals surface area (Å²) in [5.41, 5.74) is 13.2. The van der Waals surface area contributed by atoms with Crippen LogP contribution >= 0.6 is 0 Å². The van der Waals surface area contributed by atoms with Gasteiger partial charge in [0.2, 0.25) is 5.95 Å². The molecule has 128 valence electrons. The molecule has 0 radical (unpaired) electrons. The topological polar surface area (TPSA) is 142 Å². The van der Waals surface area contributed by atoms with E-state index in [0.29, 0.717) is 23.4 Å². The number of para-hydroxylation sites is 1. The predicted octanol–water partition coefficient (Wildman–Crippen LogP) is 0.954. The van der Waals surface area contributed by atoms with E-state index in [1.807, 2.05) is 24.3 Å². The smallest absolute Gasteiger partial charge is 0.347 e. The lowest BCUT2D eigenvalue weighted by Crippen LogP contribution is -2.32. The molecule has 9 heteroatoms. The largest absolute Gasteiger partial charge is 0.478 e. The van der Waals surface area contributed by atoms with Crippen molar-refractivity contribution in [1.82, 2.24) is 19.9 Å². The van der Waals surface area contributed by atoms with Gasteiger partial charge in [-0.1, -0.05) is 18.2 Å². The first-order valence-electron chi connectivity index (χ1n) is 7.79. The third kappa shape index (κ3) is 2.91. The third-order valence-electron chi connectivity index (χ3n) is 3.98. The lowest BCUT2D eigenvalue weighted by Gasteiger charge is -2.24. The second-order valence-corrected chi connectivity index (χ2v) is 5.71. The van der Waals surface area contributed by atoms with Gasteiger partial charge in [-0.15, -0.1) is 0 Å². The minimum atomic E-state index is -0.625. The Morgan fingerprint density at radius 3 is 3.00 bits per heavy atom. The average molecular weight is 340 g/mol. The molecule has 4 rings (SSSR count). The van der Waals surface area contributed by atoms with Crippen LogP contribution in [-0.4, -0.2) is 32.0 Å². The van der Waals surface area contributed by atoms with Gasteiger partial charge in [0, 0.05) is 0 Å². The van der Waals surface area contributed by atoms with Crippen LogP contribution < -0.4 is 16.2 Å². The first-order valence-corrected chi connectivity index (χ1v) is 7.79. The molecular weight excluding hydrogens is 324 g/mol. The number of imidazole rings is 1. The van der Waals surface area contributed by atoms with Crippen LogP contribution in [0.4, 0.5) is 11.8 Å². The Morgan fingerprint density at radius 1 is 1.28 bits per heavy atom. The molecule has 0 aliphatic carbocycles. The summed E-state index contributed by atoms with van der Waals surface area (Å²) in [6, 6.07) is 7.66. The molecule has 0 spiro atoms. The van der Waals surface area contributed by atoms with E-state index in [2.05, 4.69) is 19.9 Å². The third-order valence-corrected chi connectivity index (χ3v) is 3.98. The fourth-order valence-corrected chi connectivity index (χ4v) is 2.78. The number of aromatic amines is 1. The summed E-state index contributed by atoms with van der Waals surface area (Å²) in [7, 11) is 0. The molecule has 2 aromatic heterocycles. The number of anilines is 2. The summed E-state index contributed by atoms with van der Waals surface area (Å²) in [5, 5.41) is 0. The second kappa shape index (κ2) is 5.93. The van der Waals surface area contributed by atoms with Gasteiger partial charge in [0.1, 0.15) is 23.7 Å². The summed E-state index contributed by atoms with van der Waals surface area (Å²) >= 11 is 0. The normalized spacial score (nSPS) is 16.2. The van der Waals surface area contributed by atoms with E-state index in [9.17, 15) is 4.79 Å². The number of fused-ring (bicyclic) bond motifs is 2. The van der Waals surface area contributed by atoms with Crippen LogP contribution in [0, 0.1) is 0 Å². The van der Waals surface area contributed by atoms with Crippen molar-refractivity contribution in [1.29, 1.82) is 0 Å². The number of esters is 1. The van der Waals surface area contributed by atoms with Gasteiger partial charge in [0.15, 0.2) is 17.6 Å². The highest BCUT2D eigenvalue weighted by Crippen LogP contribution is 2.27. The van der Waals surface area contributed by atoms with Gasteiger partial charge >= 0.3 is 5.97 Å². The fourth-order valence-electron chi connectivity index (χ4n) is 2.78. The first-order chi connectivity index (χ1) is 12.1. The van der Waals surface area contributed by atoms with Crippen LogP contribution in [0.5, 0.6) is 5.75 Å². The Hall–Kier alpha value is -3.36. The van der Waals surface area contributed by atoms with E-state index in [-0.39, 0.29) is 18.4 Å². The average Bonchev–Trinajstić information content (AvgIpc) is 3.02. The fraction of sp³-hybridized carbons (Fsp3) is 0.250. The zero-order chi connectivity index (χ0) is 17.4. The number of nitrogens with two attached hydrogens (primary N) is 2. The van der Waals surface area contributed by atoms with Crippen molar-refractivity contribution >= 4 is 28.9 Å². The maximum atomic E-state index is 12.3. The van der Waals surface area contributed by atoms with Gasteiger partial charge in [0.25, 0.3) is 0 Å². The number of H-pyrrole nitrogens is 1. The Balaban J connectivity index is 1.43. The van der Waals surface area contributed by atoms with Crippen molar-refractivity contribution < 1.29 is 14.3 Å². The van der Waals surface area contributed by atoms with Crippen LogP contribution in [-0.2, 0) is 22.6 Å². The van der Waals surface area contributed by atoms with Crippen LogP contribution in [0.3, 0.4) is 0 Å². The molecule has 5 N–H and O–H groups in total. The molecule has 0 saturated heterocycles. The zero-order valence-electron chi connectivity index (χ0n) is 13.2. The van der Waals surface area contributed by atoms with E-state index < -0.39 is 12.1 Å². The molecule has 25 heavy (non-hydrogen) atoms. The lowest BCUT2D eigenvalue weighted by molar-refractivity contribution is -0.154. The molecule has 0 saturated carbocycles. The Morgan fingerprint density at radius 2 is 2.12 bits per heavy atom. The molecule has 0 fully saturated rings. The minimum absolute atomic E-state index is 0.0364. The number of hydrogen-bond donors (Lipinski definition) is 3. The number of carbonyl (C=O) groups excluding carboxylic acids is 1. The highest BCUT2D eigenvalue weighted by Gasteiger charge is 2.27. The SMILES string of the molecule is Nc1nc(N)c2[nH]c(COC(=O)C3CCc4ccccc4O3)nc2n1. The molecule has 1 atom stereocenters. The summed E-state index contributed by atoms with van der Waals surface area (Å²) < 4.78 is 11.0. The van der Waals surface area contributed by atoms with Crippen LogP contribution in [0.25, 0.3) is 11.2 Å². The van der Waals surface area contributed by atoms with Crippen molar-refractivity contribution in [3.8, 4) is 5.75 Å². The molecule has 1 aromatic carbocycles. The molecule has 3 aromatic rings. The van der Waals surface area contributed by atoms with Gasteiger partial charge in [-0.2, -0.15) is 9.97 Å². The van der Waals surface area contributed by atoms with Crippen LogP contribution in [0.15, 0.2) is 24.3 Å². The standard InChI is InChI=1S/C16H16N6O3/c17-13-12-14(22-16(18)21-13)20-11(19-12)7-24-15(23)10-6-5-8-3-1-2-4-9(8)25-10/h1-4,10H,5-7H2,(H5,17,18,19,20,21,22). The highest BCUT2D eigenvalue weighted by molar-refractivity contribution is 5.82. The van der Waals surface area contributed by atoms with Gasteiger partial charge in [-0.05, 0) is 24.5 Å².